The van der Waals surface area contributed by atoms with Gasteiger partial charge in [-0.25, -0.2) is 8.42 Å². The molecule has 3 nitrogen and oxygen atoms in total. The third-order valence-corrected chi connectivity index (χ3v) is 4.56. The summed E-state index contributed by atoms with van der Waals surface area (Å²) in [6.07, 6.45) is 1.17. The van der Waals surface area contributed by atoms with E-state index in [1.807, 2.05) is 18.2 Å². The minimum atomic E-state index is -3.20. The first-order valence-electron chi connectivity index (χ1n) is 5.72. The smallest absolute Gasteiger partial charge is 0.175 e. The van der Waals surface area contributed by atoms with E-state index in [0.717, 1.165) is 10.0 Å². The van der Waals surface area contributed by atoms with Crippen LogP contribution in [0.1, 0.15) is 5.56 Å². The molecular weight excluding hydrogens is 364 g/mol. The molecule has 0 bridgehead atoms. The number of sulfone groups is 1. The molecule has 2 rings (SSSR count). The standard InChI is InChI=1S/C14H12BrClO3S/c1-20(17,18)13-6-4-12(5-7-13)19-14-8-11(15)3-2-10(14)9-16/h2-8H,9H2,1H3. The Labute approximate surface area is 131 Å². The Morgan fingerprint density at radius 2 is 1.80 bits per heavy atom. The van der Waals surface area contributed by atoms with E-state index in [9.17, 15) is 8.42 Å². The highest BCUT2D eigenvalue weighted by molar-refractivity contribution is 9.10. The van der Waals surface area contributed by atoms with Gasteiger partial charge in [-0.2, -0.15) is 0 Å². The van der Waals surface area contributed by atoms with E-state index in [0.29, 0.717) is 17.4 Å². The van der Waals surface area contributed by atoms with Crippen LogP contribution in [0.5, 0.6) is 11.5 Å². The molecule has 0 aromatic heterocycles. The van der Waals surface area contributed by atoms with Gasteiger partial charge in [-0.05, 0) is 36.4 Å². The van der Waals surface area contributed by atoms with Crippen molar-refractivity contribution in [3.63, 3.8) is 0 Å². The van der Waals surface area contributed by atoms with E-state index in [4.69, 9.17) is 16.3 Å². The van der Waals surface area contributed by atoms with Gasteiger partial charge in [-0.3, -0.25) is 0 Å². The predicted molar refractivity (Wildman–Crippen MR) is 83.3 cm³/mol. The second kappa shape index (κ2) is 6.16. The third-order valence-electron chi connectivity index (χ3n) is 2.65. The fraction of sp³-hybridized carbons (Fsp3) is 0.143. The number of hydrogen-bond donors (Lipinski definition) is 0. The first-order valence-corrected chi connectivity index (χ1v) is 8.94. The van der Waals surface area contributed by atoms with Crippen LogP contribution in [0.2, 0.25) is 0 Å². The first-order chi connectivity index (χ1) is 9.40. The number of benzene rings is 2. The molecule has 0 aliphatic carbocycles. The van der Waals surface area contributed by atoms with Crippen LogP contribution < -0.4 is 4.74 Å². The Hall–Kier alpha value is -1.04. The molecule has 0 atom stereocenters. The van der Waals surface area contributed by atoms with Crippen LogP contribution in [0.4, 0.5) is 0 Å². The molecule has 2 aromatic carbocycles. The summed E-state index contributed by atoms with van der Waals surface area (Å²) in [5.41, 5.74) is 0.863. The van der Waals surface area contributed by atoms with Crippen molar-refractivity contribution < 1.29 is 13.2 Å². The van der Waals surface area contributed by atoms with Crippen molar-refractivity contribution >= 4 is 37.4 Å². The lowest BCUT2D eigenvalue weighted by atomic mass is 10.2. The largest absolute Gasteiger partial charge is 0.457 e. The number of halogens is 2. The Morgan fingerprint density at radius 1 is 1.15 bits per heavy atom. The molecule has 106 valence electrons. The highest BCUT2D eigenvalue weighted by atomic mass is 79.9. The molecule has 0 radical (unpaired) electrons. The van der Waals surface area contributed by atoms with Gasteiger partial charge in [0.1, 0.15) is 11.5 Å². The van der Waals surface area contributed by atoms with Gasteiger partial charge in [0.05, 0.1) is 10.8 Å². The van der Waals surface area contributed by atoms with Crippen LogP contribution in [0.25, 0.3) is 0 Å². The summed E-state index contributed by atoms with van der Waals surface area (Å²) in [7, 11) is -3.20. The Kier molecular flexibility index (Phi) is 4.73. The minimum Gasteiger partial charge on any atom is -0.457 e. The van der Waals surface area contributed by atoms with Crippen molar-refractivity contribution in [1.29, 1.82) is 0 Å². The fourth-order valence-corrected chi connectivity index (χ4v) is 2.81. The highest BCUT2D eigenvalue weighted by Gasteiger charge is 2.08. The zero-order valence-electron chi connectivity index (χ0n) is 10.6. The Bertz CT molecular complexity index is 712. The molecule has 0 aliphatic rings. The summed E-state index contributed by atoms with van der Waals surface area (Å²) in [5.74, 6) is 1.53. The van der Waals surface area contributed by atoms with Crippen LogP contribution in [-0.2, 0) is 15.7 Å². The normalized spacial score (nSPS) is 11.3. The molecule has 20 heavy (non-hydrogen) atoms. The topological polar surface area (TPSA) is 43.4 Å². The van der Waals surface area contributed by atoms with E-state index in [2.05, 4.69) is 15.9 Å². The van der Waals surface area contributed by atoms with E-state index in [1.165, 1.54) is 18.4 Å². The summed E-state index contributed by atoms with van der Waals surface area (Å²) in [5, 5.41) is 0. The maximum Gasteiger partial charge on any atom is 0.175 e. The van der Waals surface area contributed by atoms with Gasteiger partial charge in [0.25, 0.3) is 0 Å². The van der Waals surface area contributed by atoms with E-state index < -0.39 is 9.84 Å². The van der Waals surface area contributed by atoms with Gasteiger partial charge in [-0.1, -0.05) is 22.0 Å². The van der Waals surface area contributed by atoms with E-state index >= 15 is 0 Å². The van der Waals surface area contributed by atoms with Crippen LogP contribution in [0.15, 0.2) is 51.8 Å². The van der Waals surface area contributed by atoms with Crippen molar-refractivity contribution in [1.82, 2.24) is 0 Å². The number of ether oxygens (including phenoxy) is 1. The van der Waals surface area contributed by atoms with Crippen LogP contribution in [0.3, 0.4) is 0 Å². The van der Waals surface area contributed by atoms with Crippen LogP contribution >= 0.6 is 27.5 Å². The lowest BCUT2D eigenvalue weighted by Gasteiger charge is -2.10. The molecule has 0 saturated heterocycles. The van der Waals surface area contributed by atoms with Gasteiger partial charge in [0.15, 0.2) is 9.84 Å². The van der Waals surface area contributed by atoms with Gasteiger partial charge in [-0.15, -0.1) is 11.6 Å². The summed E-state index contributed by atoms with van der Waals surface area (Å²) >= 11 is 9.24. The van der Waals surface area contributed by atoms with E-state index in [1.54, 1.807) is 12.1 Å². The maximum atomic E-state index is 11.4. The number of alkyl halides is 1. The molecule has 2 aromatic rings. The molecule has 6 heteroatoms. The third kappa shape index (κ3) is 3.75. The molecule has 0 aliphatic heterocycles. The Morgan fingerprint density at radius 3 is 2.35 bits per heavy atom. The quantitative estimate of drug-likeness (QED) is 0.745. The fourth-order valence-electron chi connectivity index (χ4n) is 1.62. The monoisotopic (exact) mass is 374 g/mol. The zero-order chi connectivity index (χ0) is 14.8. The van der Waals surface area contributed by atoms with E-state index in [-0.39, 0.29) is 4.90 Å². The van der Waals surface area contributed by atoms with Crippen molar-refractivity contribution in [3.8, 4) is 11.5 Å². The second-order valence-electron chi connectivity index (χ2n) is 4.23. The number of hydrogen-bond acceptors (Lipinski definition) is 3. The molecule has 0 spiro atoms. The minimum absolute atomic E-state index is 0.261. The van der Waals surface area contributed by atoms with Crippen LogP contribution in [-0.4, -0.2) is 14.7 Å². The summed E-state index contributed by atoms with van der Waals surface area (Å²) in [6, 6.07) is 11.9. The van der Waals surface area contributed by atoms with Gasteiger partial charge >= 0.3 is 0 Å². The van der Waals surface area contributed by atoms with Crippen molar-refractivity contribution in [2.45, 2.75) is 10.8 Å². The molecule has 0 heterocycles. The average Bonchev–Trinajstić information content (AvgIpc) is 2.38. The van der Waals surface area contributed by atoms with Gasteiger partial charge < -0.3 is 4.74 Å². The zero-order valence-corrected chi connectivity index (χ0v) is 13.8. The molecule has 0 amide bonds. The molecular formula is C14H12BrClO3S. The molecule has 0 saturated carbocycles. The first kappa shape index (κ1) is 15.4. The molecule has 0 fully saturated rings. The van der Waals surface area contributed by atoms with Crippen molar-refractivity contribution in [3.05, 3.63) is 52.5 Å². The summed E-state index contributed by atoms with van der Waals surface area (Å²) in [4.78, 5) is 0.261. The average molecular weight is 376 g/mol. The van der Waals surface area contributed by atoms with Crippen molar-refractivity contribution in [2.75, 3.05) is 6.26 Å². The number of rotatable bonds is 4. The van der Waals surface area contributed by atoms with Crippen molar-refractivity contribution in [2.24, 2.45) is 0 Å². The molecule has 0 N–H and O–H groups in total. The predicted octanol–water partition coefficient (Wildman–Crippen LogP) is 4.38. The highest BCUT2D eigenvalue weighted by Crippen LogP contribution is 2.30. The molecule has 0 unspecified atom stereocenters. The summed E-state index contributed by atoms with van der Waals surface area (Å²) < 4.78 is 29.4. The SMILES string of the molecule is CS(=O)(=O)c1ccc(Oc2cc(Br)ccc2CCl)cc1. The van der Waals surface area contributed by atoms with Gasteiger partial charge in [0, 0.05) is 16.3 Å². The summed E-state index contributed by atoms with van der Waals surface area (Å²) in [6.45, 7) is 0. The maximum absolute atomic E-state index is 11.4. The van der Waals surface area contributed by atoms with Gasteiger partial charge in [0.2, 0.25) is 0 Å². The lowest BCUT2D eigenvalue weighted by Crippen LogP contribution is -1.96. The second-order valence-corrected chi connectivity index (χ2v) is 7.43. The Balaban J connectivity index is 2.29. The lowest BCUT2D eigenvalue weighted by molar-refractivity contribution is 0.477. The van der Waals surface area contributed by atoms with Crippen LogP contribution in [0, 0.1) is 0 Å².